The number of rotatable bonds is 4. The highest BCUT2D eigenvalue weighted by atomic mass is 35.5. The third kappa shape index (κ3) is 5.95. The molecule has 1 amide bonds. The maximum Gasteiger partial charge on any atom is 0.420 e. The standard InChI is InChI=1S/C44H48ClFN8O6/c1-42(2,3)59-40(55)52-19-18-51-28-11-7-10-25(30(28)26(20-47)38(51)52)31-33(45)36-32-35(34(31)46)48-39(58-23-44-14-8-16-50(44)17-9-15-44)49-37(32)53-21-24-12-13-27(29(53)22-57-36)54(24)41(56)60-43(4,5)6/h7,10-11,18-19,24,27,29H,8-9,12-17,21-23H2,1-6H3/t24?,27?,29-/m1/s1. The molecule has 2 unspecified atom stereocenters. The minimum Gasteiger partial charge on any atom is -0.489 e. The van der Waals surface area contributed by atoms with Gasteiger partial charge in [0.15, 0.2) is 11.6 Å². The molecule has 60 heavy (non-hydrogen) atoms. The molecular weight excluding hydrogens is 791 g/mol. The number of amides is 1. The van der Waals surface area contributed by atoms with Crippen LogP contribution in [0.25, 0.3) is 38.6 Å². The number of anilines is 1. The SMILES string of the molecule is CC(C)(C)OC(=O)N1C2CCC1[C@H]1COc3c(Cl)c(-c4cccc5c4c(C#N)c4n(C(=O)OC(C)(C)C)ccn54)c(F)c4nc(OCC56CCCN5CCC6)nc(c34)N1C2. The number of aromatic nitrogens is 4. The number of ether oxygens (including phenoxy) is 4. The lowest BCUT2D eigenvalue weighted by molar-refractivity contribution is 0.00542. The summed E-state index contributed by atoms with van der Waals surface area (Å²) in [6.07, 6.45) is 7.85. The highest BCUT2D eigenvalue weighted by Gasteiger charge is 2.52. The van der Waals surface area contributed by atoms with E-state index < -0.39 is 23.1 Å². The number of carbonyl (C=O) groups excluding carboxylic acids is 2. The van der Waals surface area contributed by atoms with Crippen molar-refractivity contribution in [2.45, 2.75) is 115 Å². The van der Waals surface area contributed by atoms with Crippen molar-refractivity contribution in [3.63, 3.8) is 0 Å². The lowest BCUT2D eigenvalue weighted by Crippen LogP contribution is -2.63. The van der Waals surface area contributed by atoms with Crippen LogP contribution in [0.1, 0.15) is 85.6 Å². The zero-order valence-electron chi connectivity index (χ0n) is 34.7. The van der Waals surface area contributed by atoms with Gasteiger partial charge in [-0.1, -0.05) is 23.7 Å². The van der Waals surface area contributed by atoms with Gasteiger partial charge in [0.1, 0.15) is 53.0 Å². The van der Waals surface area contributed by atoms with Crippen LogP contribution >= 0.6 is 11.6 Å². The van der Waals surface area contributed by atoms with Crippen molar-refractivity contribution in [2.75, 3.05) is 37.7 Å². The molecule has 14 nitrogen and oxygen atoms in total. The van der Waals surface area contributed by atoms with Gasteiger partial charge in [-0.2, -0.15) is 15.2 Å². The van der Waals surface area contributed by atoms with Gasteiger partial charge < -0.3 is 23.8 Å². The number of hydrogen-bond acceptors (Lipinski definition) is 11. The summed E-state index contributed by atoms with van der Waals surface area (Å²) in [6.45, 7) is 13.8. The van der Waals surface area contributed by atoms with Gasteiger partial charge in [-0.05, 0) is 105 Å². The molecule has 2 aromatic carbocycles. The molecule has 3 aromatic heterocycles. The molecule has 5 aliphatic heterocycles. The number of imidazole rings is 1. The molecule has 4 saturated heterocycles. The number of benzene rings is 2. The number of carbonyl (C=O) groups is 2. The van der Waals surface area contributed by atoms with Crippen molar-refractivity contribution < 1.29 is 32.9 Å². The minimum atomic E-state index is -0.789. The van der Waals surface area contributed by atoms with Crippen LogP contribution in [0.4, 0.5) is 19.8 Å². The van der Waals surface area contributed by atoms with Crippen molar-refractivity contribution in [3.8, 4) is 29.0 Å². The smallest absolute Gasteiger partial charge is 0.420 e. The molecule has 4 fully saturated rings. The molecule has 0 spiro atoms. The average Bonchev–Trinajstić information content (AvgIpc) is 3.98. The number of piperazine rings is 1. The van der Waals surface area contributed by atoms with E-state index in [0.29, 0.717) is 40.8 Å². The highest BCUT2D eigenvalue weighted by Crippen LogP contribution is 2.52. The third-order valence-corrected chi connectivity index (χ3v) is 13.2. The predicted octanol–water partition coefficient (Wildman–Crippen LogP) is 8.31. The molecule has 314 valence electrons. The van der Waals surface area contributed by atoms with E-state index in [-0.39, 0.29) is 75.4 Å². The Hall–Kier alpha value is -5.33. The maximum atomic E-state index is 17.9. The molecule has 10 rings (SSSR count). The first-order valence-electron chi connectivity index (χ1n) is 20.9. The average molecular weight is 839 g/mol. The molecule has 0 aliphatic carbocycles. The Labute approximate surface area is 351 Å². The number of halogens is 2. The van der Waals surface area contributed by atoms with Crippen LogP contribution in [-0.2, 0) is 9.47 Å². The van der Waals surface area contributed by atoms with E-state index in [9.17, 15) is 14.9 Å². The molecule has 5 aromatic rings. The monoisotopic (exact) mass is 838 g/mol. The van der Waals surface area contributed by atoms with Crippen LogP contribution in [0.2, 0.25) is 5.02 Å². The number of nitrogens with zero attached hydrogens (tertiary/aromatic N) is 8. The second kappa shape index (κ2) is 13.6. The molecule has 0 saturated carbocycles. The van der Waals surface area contributed by atoms with E-state index in [1.807, 2.05) is 25.7 Å². The minimum absolute atomic E-state index is 0.0120. The van der Waals surface area contributed by atoms with Crippen LogP contribution in [-0.4, -0.2) is 109 Å². The largest absolute Gasteiger partial charge is 0.489 e. The van der Waals surface area contributed by atoms with Crippen molar-refractivity contribution >= 4 is 57.1 Å². The Morgan fingerprint density at radius 1 is 1.00 bits per heavy atom. The molecular formula is C44H48ClFN8O6. The van der Waals surface area contributed by atoms with E-state index >= 15 is 4.39 Å². The molecule has 2 bridgehead atoms. The number of fused-ring (bicyclic) bond motifs is 9. The van der Waals surface area contributed by atoms with E-state index in [1.165, 1.54) is 4.57 Å². The topological polar surface area (TPSA) is 140 Å². The summed E-state index contributed by atoms with van der Waals surface area (Å²) in [6, 6.07) is 6.77. The lowest BCUT2D eigenvalue weighted by Gasteiger charge is -2.46. The van der Waals surface area contributed by atoms with Crippen LogP contribution in [0.5, 0.6) is 11.8 Å². The zero-order chi connectivity index (χ0) is 42.0. The quantitative estimate of drug-likeness (QED) is 0.173. The van der Waals surface area contributed by atoms with Crippen molar-refractivity contribution in [2.24, 2.45) is 0 Å². The maximum absolute atomic E-state index is 17.9. The van der Waals surface area contributed by atoms with Crippen LogP contribution in [0.3, 0.4) is 0 Å². The summed E-state index contributed by atoms with van der Waals surface area (Å²) in [7, 11) is 0. The lowest BCUT2D eigenvalue weighted by atomic mass is 9.95. The van der Waals surface area contributed by atoms with Gasteiger partial charge in [0.25, 0.3) is 0 Å². The fourth-order valence-electron chi connectivity index (χ4n) is 10.5. The second-order valence-corrected chi connectivity index (χ2v) is 19.2. The van der Waals surface area contributed by atoms with Gasteiger partial charge in [-0.25, -0.2) is 18.5 Å². The first kappa shape index (κ1) is 38.8. The Balaban J connectivity index is 1.15. The van der Waals surface area contributed by atoms with Gasteiger partial charge in [0, 0.05) is 29.9 Å². The van der Waals surface area contributed by atoms with Crippen LogP contribution < -0.4 is 14.4 Å². The van der Waals surface area contributed by atoms with Gasteiger partial charge in [0.2, 0.25) is 0 Å². The van der Waals surface area contributed by atoms with Gasteiger partial charge in [0.05, 0.1) is 39.6 Å². The molecule has 3 atom stereocenters. The third-order valence-electron chi connectivity index (χ3n) is 12.9. The summed E-state index contributed by atoms with van der Waals surface area (Å²) in [5.74, 6) is -0.0919. The molecule has 8 heterocycles. The Bertz CT molecular complexity index is 2660. The zero-order valence-corrected chi connectivity index (χ0v) is 35.4. The van der Waals surface area contributed by atoms with Crippen LogP contribution in [0, 0.1) is 17.1 Å². The van der Waals surface area contributed by atoms with Crippen molar-refractivity contribution in [1.29, 1.82) is 5.26 Å². The van der Waals surface area contributed by atoms with Crippen molar-refractivity contribution in [3.05, 3.63) is 47.0 Å². The highest BCUT2D eigenvalue weighted by molar-refractivity contribution is 6.37. The number of hydrogen-bond donors (Lipinski definition) is 0. The summed E-state index contributed by atoms with van der Waals surface area (Å²) in [4.78, 5) is 43.4. The van der Waals surface area contributed by atoms with E-state index in [0.717, 1.165) is 51.6 Å². The first-order valence-corrected chi connectivity index (χ1v) is 21.2. The van der Waals surface area contributed by atoms with Gasteiger partial charge in [-0.15, -0.1) is 0 Å². The van der Waals surface area contributed by atoms with E-state index in [4.69, 9.17) is 40.5 Å². The Morgan fingerprint density at radius 2 is 1.73 bits per heavy atom. The summed E-state index contributed by atoms with van der Waals surface area (Å²) in [5.41, 5.74) is -0.341. The van der Waals surface area contributed by atoms with Crippen molar-refractivity contribution in [1.82, 2.24) is 28.7 Å². The number of nitriles is 1. The normalized spacial score (nSPS) is 22.1. The van der Waals surface area contributed by atoms with E-state index in [1.54, 1.807) is 55.8 Å². The fraction of sp³-hybridized carbons (Fsp3) is 0.523. The summed E-state index contributed by atoms with van der Waals surface area (Å²) >= 11 is 7.37. The molecule has 5 aliphatic rings. The fourth-order valence-corrected chi connectivity index (χ4v) is 10.8. The Morgan fingerprint density at radius 3 is 2.45 bits per heavy atom. The molecule has 0 N–H and O–H groups in total. The van der Waals surface area contributed by atoms with Crippen LogP contribution in [0.15, 0.2) is 30.6 Å². The molecule has 16 heteroatoms. The molecule has 0 radical (unpaired) electrons. The first-order chi connectivity index (χ1) is 28.6. The van der Waals surface area contributed by atoms with Gasteiger partial charge >= 0.3 is 18.2 Å². The Kier molecular flexibility index (Phi) is 8.80. The second-order valence-electron chi connectivity index (χ2n) is 18.8. The van der Waals surface area contributed by atoms with Gasteiger partial charge in [-0.3, -0.25) is 14.2 Å². The predicted molar refractivity (Wildman–Crippen MR) is 223 cm³/mol. The van der Waals surface area contributed by atoms with E-state index in [2.05, 4.69) is 15.9 Å². The summed E-state index contributed by atoms with van der Waals surface area (Å²) < 4.78 is 45.7. The summed E-state index contributed by atoms with van der Waals surface area (Å²) in [5, 5.41) is 11.4.